The Morgan fingerprint density at radius 3 is 2.74 bits per heavy atom. The van der Waals surface area contributed by atoms with Crippen molar-refractivity contribution in [3.8, 4) is 5.75 Å². The summed E-state index contributed by atoms with van der Waals surface area (Å²) < 4.78 is 5.84. The van der Waals surface area contributed by atoms with Gasteiger partial charge in [0.25, 0.3) is 5.91 Å². The highest BCUT2D eigenvalue weighted by Crippen LogP contribution is 2.25. The molecule has 0 saturated carbocycles. The minimum Gasteiger partial charge on any atom is -0.496 e. The summed E-state index contributed by atoms with van der Waals surface area (Å²) in [6.45, 7) is 4.05. The van der Waals surface area contributed by atoms with Crippen molar-refractivity contribution in [1.29, 1.82) is 0 Å². The van der Waals surface area contributed by atoms with Crippen LogP contribution in [0.25, 0.3) is 0 Å². The summed E-state index contributed by atoms with van der Waals surface area (Å²) in [4.78, 5) is 12.0. The Morgan fingerprint density at radius 1 is 1.53 bits per heavy atom. The van der Waals surface area contributed by atoms with Crippen molar-refractivity contribution in [2.24, 2.45) is 0 Å². The van der Waals surface area contributed by atoms with E-state index in [-0.39, 0.29) is 11.9 Å². The van der Waals surface area contributed by atoms with Crippen molar-refractivity contribution < 1.29 is 9.53 Å². The molecule has 1 aromatic rings. The predicted octanol–water partition coefficient (Wildman–Crippen LogP) is 2.86. The molecule has 0 aromatic heterocycles. The molecule has 1 unspecified atom stereocenters. The van der Waals surface area contributed by atoms with Gasteiger partial charge >= 0.3 is 0 Å². The lowest BCUT2D eigenvalue weighted by molar-refractivity contribution is 0.0976. The van der Waals surface area contributed by atoms with Crippen molar-refractivity contribution in [2.45, 2.75) is 26.3 Å². The number of hydrogen-bond acceptors (Lipinski definition) is 3. The van der Waals surface area contributed by atoms with Gasteiger partial charge in [0, 0.05) is 11.6 Å². The molecule has 0 aliphatic rings. The molecule has 0 spiro atoms. The van der Waals surface area contributed by atoms with Crippen LogP contribution in [0.1, 0.15) is 30.6 Å². The number of carbonyl (C=O) groups excluding carboxylic acids is 1. The zero-order valence-corrected chi connectivity index (χ0v) is 13.5. The van der Waals surface area contributed by atoms with E-state index in [1.165, 1.54) is 0 Å². The molecule has 6 heteroatoms. The first-order chi connectivity index (χ1) is 8.97. The molecule has 0 fully saturated rings. The van der Waals surface area contributed by atoms with E-state index >= 15 is 0 Å². The van der Waals surface area contributed by atoms with Crippen molar-refractivity contribution in [3.63, 3.8) is 0 Å². The summed E-state index contributed by atoms with van der Waals surface area (Å²) in [6, 6.07) is 5.34. The standard InChI is InChI=1S/C13H17BrN2O2S/c1-4-8(2)15-13(19)16-12(17)9-5-6-11(18-3)10(14)7-9/h5-8H,4H2,1-3H3,(H2,15,16,17,19). The molecular formula is C13H17BrN2O2S. The molecular weight excluding hydrogens is 328 g/mol. The van der Waals surface area contributed by atoms with Gasteiger partial charge in [-0.2, -0.15) is 0 Å². The molecule has 0 saturated heterocycles. The van der Waals surface area contributed by atoms with Crippen LogP contribution in [0.3, 0.4) is 0 Å². The third kappa shape index (κ3) is 4.80. The van der Waals surface area contributed by atoms with Crippen LogP contribution >= 0.6 is 28.1 Å². The molecule has 1 aromatic carbocycles. The highest BCUT2D eigenvalue weighted by Gasteiger charge is 2.11. The van der Waals surface area contributed by atoms with Crippen molar-refractivity contribution in [1.82, 2.24) is 10.6 Å². The number of methoxy groups -OCH3 is 1. The third-order valence-electron chi connectivity index (χ3n) is 2.63. The average molecular weight is 345 g/mol. The molecule has 2 N–H and O–H groups in total. The highest BCUT2D eigenvalue weighted by atomic mass is 79.9. The first-order valence-electron chi connectivity index (χ1n) is 5.93. The summed E-state index contributed by atoms with van der Waals surface area (Å²) in [6.07, 6.45) is 0.935. The van der Waals surface area contributed by atoms with E-state index in [9.17, 15) is 4.79 Å². The van der Waals surface area contributed by atoms with Crippen LogP contribution in [0.5, 0.6) is 5.75 Å². The maximum absolute atomic E-state index is 12.0. The van der Waals surface area contributed by atoms with E-state index in [2.05, 4.69) is 26.6 Å². The molecule has 0 heterocycles. The number of benzene rings is 1. The predicted molar refractivity (Wildman–Crippen MR) is 83.6 cm³/mol. The smallest absolute Gasteiger partial charge is 0.257 e. The number of halogens is 1. The Bertz CT molecular complexity index is 480. The average Bonchev–Trinajstić information content (AvgIpc) is 2.38. The molecule has 1 atom stereocenters. The van der Waals surface area contributed by atoms with Gasteiger partial charge in [-0.15, -0.1) is 0 Å². The van der Waals surface area contributed by atoms with E-state index in [1.54, 1.807) is 25.3 Å². The van der Waals surface area contributed by atoms with E-state index in [0.29, 0.717) is 16.4 Å². The number of amides is 1. The maximum atomic E-state index is 12.0. The molecule has 1 rings (SSSR count). The van der Waals surface area contributed by atoms with E-state index in [0.717, 1.165) is 10.9 Å². The van der Waals surface area contributed by atoms with E-state index in [1.807, 2.05) is 13.8 Å². The van der Waals surface area contributed by atoms with Gasteiger partial charge in [0.15, 0.2) is 5.11 Å². The summed E-state index contributed by atoms with van der Waals surface area (Å²) in [7, 11) is 1.57. The van der Waals surface area contributed by atoms with Crippen LogP contribution < -0.4 is 15.4 Å². The van der Waals surface area contributed by atoms with Crippen LogP contribution in [0.4, 0.5) is 0 Å². The number of carbonyl (C=O) groups is 1. The number of ether oxygens (including phenoxy) is 1. The summed E-state index contributed by atoms with van der Waals surface area (Å²) in [5.41, 5.74) is 0.515. The number of thiocarbonyl (C=S) groups is 1. The molecule has 104 valence electrons. The summed E-state index contributed by atoms with van der Waals surface area (Å²) >= 11 is 8.41. The summed E-state index contributed by atoms with van der Waals surface area (Å²) in [5, 5.41) is 6.02. The van der Waals surface area contributed by atoms with E-state index < -0.39 is 0 Å². The fraction of sp³-hybridized carbons (Fsp3) is 0.385. The lowest BCUT2D eigenvalue weighted by Crippen LogP contribution is -2.43. The molecule has 0 aliphatic carbocycles. The normalized spacial score (nSPS) is 11.6. The van der Waals surface area contributed by atoms with Gasteiger partial charge in [-0.25, -0.2) is 0 Å². The van der Waals surface area contributed by atoms with Crippen molar-refractivity contribution in [2.75, 3.05) is 7.11 Å². The number of nitrogens with one attached hydrogen (secondary N) is 2. The monoisotopic (exact) mass is 344 g/mol. The molecule has 19 heavy (non-hydrogen) atoms. The van der Waals surface area contributed by atoms with Gasteiger partial charge in [-0.05, 0) is 59.7 Å². The molecule has 4 nitrogen and oxygen atoms in total. The second-order valence-electron chi connectivity index (χ2n) is 4.09. The fourth-order valence-electron chi connectivity index (χ4n) is 1.34. The first-order valence-corrected chi connectivity index (χ1v) is 7.13. The van der Waals surface area contributed by atoms with Gasteiger partial charge in [0.2, 0.25) is 0 Å². The quantitative estimate of drug-likeness (QED) is 0.824. The second-order valence-corrected chi connectivity index (χ2v) is 5.35. The van der Waals surface area contributed by atoms with E-state index in [4.69, 9.17) is 17.0 Å². The van der Waals surface area contributed by atoms with Gasteiger partial charge in [0.05, 0.1) is 11.6 Å². The zero-order chi connectivity index (χ0) is 14.4. The molecule has 1 amide bonds. The largest absolute Gasteiger partial charge is 0.496 e. The Labute approximate surface area is 127 Å². The van der Waals surface area contributed by atoms with Gasteiger partial charge < -0.3 is 10.1 Å². The maximum Gasteiger partial charge on any atom is 0.257 e. The lowest BCUT2D eigenvalue weighted by Gasteiger charge is -2.14. The first kappa shape index (κ1) is 15.9. The van der Waals surface area contributed by atoms with Gasteiger partial charge in [0.1, 0.15) is 5.75 Å². The fourth-order valence-corrected chi connectivity index (χ4v) is 2.18. The Kier molecular flexibility index (Phi) is 6.24. The highest BCUT2D eigenvalue weighted by molar-refractivity contribution is 9.10. The third-order valence-corrected chi connectivity index (χ3v) is 3.47. The number of hydrogen-bond donors (Lipinski definition) is 2. The second kappa shape index (κ2) is 7.45. The summed E-state index contributed by atoms with van der Waals surface area (Å²) in [5.74, 6) is 0.431. The van der Waals surface area contributed by atoms with Crippen molar-refractivity contribution in [3.05, 3.63) is 28.2 Å². The van der Waals surface area contributed by atoms with Crippen LogP contribution in [-0.4, -0.2) is 24.2 Å². The minimum absolute atomic E-state index is 0.232. The Hall–Kier alpha value is -1.14. The van der Waals surface area contributed by atoms with Crippen LogP contribution in [0.15, 0.2) is 22.7 Å². The topological polar surface area (TPSA) is 50.4 Å². The van der Waals surface area contributed by atoms with Crippen LogP contribution in [-0.2, 0) is 0 Å². The van der Waals surface area contributed by atoms with Gasteiger partial charge in [-0.3, -0.25) is 10.1 Å². The molecule has 0 radical (unpaired) electrons. The SMILES string of the molecule is CCC(C)NC(=S)NC(=O)c1ccc(OC)c(Br)c1. The molecule has 0 aliphatic heterocycles. The lowest BCUT2D eigenvalue weighted by atomic mass is 10.2. The van der Waals surface area contributed by atoms with Crippen LogP contribution in [0, 0.1) is 0 Å². The van der Waals surface area contributed by atoms with Crippen LogP contribution in [0.2, 0.25) is 0 Å². The minimum atomic E-state index is -0.246. The zero-order valence-electron chi connectivity index (χ0n) is 11.1. The van der Waals surface area contributed by atoms with Crippen molar-refractivity contribution >= 4 is 39.2 Å². The van der Waals surface area contributed by atoms with Gasteiger partial charge in [-0.1, -0.05) is 6.92 Å². The Balaban J connectivity index is 2.68. The molecule has 0 bridgehead atoms. The Morgan fingerprint density at radius 2 is 2.21 bits per heavy atom. The number of rotatable bonds is 4.